The molecule has 2 aromatic carbocycles. The van der Waals surface area contributed by atoms with Crippen LogP contribution in [0.4, 0.5) is 10.1 Å². The smallest absolute Gasteiger partial charge is 0.243 e. The number of carbonyl (C=O) groups excluding carboxylic acids is 2. The van der Waals surface area contributed by atoms with E-state index in [9.17, 15) is 22.4 Å². The summed E-state index contributed by atoms with van der Waals surface area (Å²) in [5.74, 6) is -0.418. The minimum absolute atomic E-state index is 0.0373. The lowest BCUT2D eigenvalue weighted by Crippen LogP contribution is -2.51. The molecule has 0 aromatic heterocycles. The zero-order valence-corrected chi connectivity index (χ0v) is 23.9. The van der Waals surface area contributed by atoms with Crippen molar-refractivity contribution in [3.63, 3.8) is 0 Å². The third-order valence-corrected chi connectivity index (χ3v) is 8.29. The van der Waals surface area contributed by atoms with Gasteiger partial charge in [-0.1, -0.05) is 50.5 Å². The average molecular weight is 562 g/mol. The second-order valence-electron chi connectivity index (χ2n) is 10.0. The number of ether oxygens (including phenoxy) is 1. The molecule has 0 bridgehead atoms. The van der Waals surface area contributed by atoms with Crippen LogP contribution in [0.15, 0.2) is 48.5 Å². The van der Waals surface area contributed by atoms with Gasteiger partial charge in [0.05, 0.1) is 19.1 Å². The molecule has 1 saturated carbocycles. The third kappa shape index (κ3) is 8.68. The van der Waals surface area contributed by atoms with E-state index in [1.165, 1.54) is 23.5 Å². The van der Waals surface area contributed by atoms with Crippen LogP contribution in [0.5, 0.6) is 5.75 Å². The van der Waals surface area contributed by atoms with Gasteiger partial charge in [0.1, 0.15) is 17.6 Å². The molecular weight excluding hydrogens is 521 g/mol. The lowest BCUT2D eigenvalue weighted by molar-refractivity contribution is -0.141. The van der Waals surface area contributed by atoms with Gasteiger partial charge in [-0.3, -0.25) is 13.9 Å². The van der Waals surface area contributed by atoms with Gasteiger partial charge < -0.3 is 15.0 Å². The van der Waals surface area contributed by atoms with E-state index in [0.717, 1.165) is 38.4 Å². The molecule has 0 aliphatic heterocycles. The number of amides is 2. The number of rotatable bonds is 13. The number of nitrogens with one attached hydrogen (secondary N) is 1. The van der Waals surface area contributed by atoms with Gasteiger partial charge >= 0.3 is 0 Å². The Labute approximate surface area is 231 Å². The van der Waals surface area contributed by atoms with E-state index in [1.807, 2.05) is 6.92 Å². The van der Waals surface area contributed by atoms with E-state index < -0.39 is 16.1 Å². The number of benzene rings is 2. The van der Waals surface area contributed by atoms with E-state index in [0.29, 0.717) is 23.4 Å². The Bertz CT molecular complexity index is 1200. The lowest BCUT2D eigenvalue weighted by Gasteiger charge is -2.33. The zero-order valence-electron chi connectivity index (χ0n) is 23.1. The third-order valence-electron chi connectivity index (χ3n) is 7.11. The van der Waals surface area contributed by atoms with Crippen molar-refractivity contribution in [1.82, 2.24) is 10.2 Å². The summed E-state index contributed by atoms with van der Waals surface area (Å²) in [6, 6.07) is 12.1. The van der Waals surface area contributed by atoms with Crippen LogP contribution in [-0.2, 0) is 26.2 Å². The van der Waals surface area contributed by atoms with Crippen molar-refractivity contribution >= 4 is 27.5 Å². The molecule has 1 aliphatic rings. The van der Waals surface area contributed by atoms with Crippen LogP contribution in [0, 0.1) is 5.82 Å². The molecule has 8 nitrogen and oxygen atoms in total. The molecule has 214 valence electrons. The number of nitrogens with zero attached hydrogens (tertiary/aromatic N) is 2. The maximum absolute atomic E-state index is 13.6. The number of para-hydroxylation sites is 2. The van der Waals surface area contributed by atoms with E-state index in [4.69, 9.17) is 4.74 Å². The van der Waals surface area contributed by atoms with Crippen LogP contribution in [0.2, 0.25) is 0 Å². The van der Waals surface area contributed by atoms with Crippen molar-refractivity contribution in [3.05, 3.63) is 59.9 Å². The molecule has 0 unspecified atom stereocenters. The highest BCUT2D eigenvalue weighted by molar-refractivity contribution is 7.92. The number of halogens is 1. The highest BCUT2D eigenvalue weighted by atomic mass is 32.2. The zero-order chi connectivity index (χ0) is 28.4. The molecule has 1 aliphatic carbocycles. The Balaban J connectivity index is 1.77. The molecule has 0 radical (unpaired) electrons. The summed E-state index contributed by atoms with van der Waals surface area (Å²) in [5.41, 5.74) is 1.11. The number of carbonyl (C=O) groups is 2. The van der Waals surface area contributed by atoms with Crippen LogP contribution in [-0.4, -0.2) is 57.1 Å². The average Bonchev–Trinajstić information content (AvgIpc) is 2.92. The van der Waals surface area contributed by atoms with Crippen molar-refractivity contribution in [2.45, 2.75) is 76.9 Å². The fourth-order valence-corrected chi connectivity index (χ4v) is 6.04. The molecule has 0 spiro atoms. The maximum Gasteiger partial charge on any atom is 0.243 e. The van der Waals surface area contributed by atoms with Gasteiger partial charge in [-0.05, 0) is 55.5 Å². The van der Waals surface area contributed by atoms with Gasteiger partial charge in [0.15, 0.2) is 0 Å². The maximum atomic E-state index is 13.6. The van der Waals surface area contributed by atoms with Crippen LogP contribution >= 0.6 is 0 Å². The summed E-state index contributed by atoms with van der Waals surface area (Å²) in [7, 11) is -2.17. The standard InChI is InChI=1S/C29H40FN3O5S/c1-4-25(29(35)31-24-11-6-5-7-12-24)32(21-22-16-18-23(30)19-17-22)28(34)15-10-20-33(39(3,36)37)26-13-8-9-14-27(26)38-2/h8-9,13-14,16-19,24-25H,4-7,10-12,15,20-21H2,1-3H3,(H,31,35)/t25-/m1/s1. The van der Waals surface area contributed by atoms with Gasteiger partial charge in [-0.15, -0.1) is 0 Å². The Kier molecular flexibility index (Phi) is 11.2. The molecule has 10 heteroatoms. The number of anilines is 1. The van der Waals surface area contributed by atoms with Crippen molar-refractivity contribution in [2.24, 2.45) is 0 Å². The van der Waals surface area contributed by atoms with Gasteiger partial charge in [-0.25, -0.2) is 12.8 Å². The first kappa shape index (κ1) is 30.4. The monoisotopic (exact) mass is 561 g/mol. The summed E-state index contributed by atoms with van der Waals surface area (Å²) in [6.07, 6.45) is 6.98. The molecule has 1 N–H and O–H groups in total. The predicted molar refractivity (Wildman–Crippen MR) is 150 cm³/mol. The van der Waals surface area contributed by atoms with Gasteiger partial charge in [0, 0.05) is 25.6 Å². The first-order chi connectivity index (χ1) is 18.6. The fraction of sp³-hybridized carbons (Fsp3) is 0.517. The van der Waals surface area contributed by atoms with Gasteiger partial charge in [-0.2, -0.15) is 0 Å². The molecule has 3 rings (SSSR count). The number of hydrogen-bond donors (Lipinski definition) is 1. The quantitative estimate of drug-likeness (QED) is 0.385. The van der Waals surface area contributed by atoms with Gasteiger partial charge in [0.2, 0.25) is 21.8 Å². The van der Waals surface area contributed by atoms with Crippen LogP contribution in [0.1, 0.15) is 63.9 Å². The second kappa shape index (κ2) is 14.3. The number of sulfonamides is 1. The Morgan fingerprint density at radius 3 is 2.36 bits per heavy atom. The van der Waals surface area contributed by atoms with Crippen LogP contribution < -0.4 is 14.4 Å². The van der Waals surface area contributed by atoms with Crippen molar-refractivity contribution in [1.29, 1.82) is 0 Å². The normalized spacial score (nSPS) is 14.9. The van der Waals surface area contributed by atoms with E-state index in [1.54, 1.807) is 41.3 Å². The van der Waals surface area contributed by atoms with E-state index in [-0.39, 0.29) is 49.6 Å². The Morgan fingerprint density at radius 2 is 1.74 bits per heavy atom. The highest BCUT2D eigenvalue weighted by Crippen LogP contribution is 2.30. The molecule has 39 heavy (non-hydrogen) atoms. The first-order valence-electron chi connectivity index (χ1n) is 13.6. The molecule has 2 aromatic rings. The largest absolute Gasteiger partial charge is 0.495 e. The molecule has 2 amide bonds. The summed E-state index contributed by atoms with van der Waals surface area (Å²) < 4.78 is 45.3. The fourth-order valence-electron chi connectivity index (χ4n) is 5.07. The number of hydrogen-bond acceptors (Lipinski definition) is 5. The number of methoxy groups -OCH3 is 1. The molecule has 1 atom stereocenters. The minimum atomic E-state index is -3.64. The molecular formula is C29H40FN3O5S. The van der Waals surface area contributed by atoms with Crippen molar-refractivity contribution in [3.8, 4) is 5.75 Å². The predicted octanol–water partition coefficient (Wildman–Crippen LogP) is 4.64. The molecule has 1 fully saturated rings. The molecule has 0 saturated heterocycles. The highest BCUT2D eigenvalue weighted by Gasteiger charge is 2.30. The minimum Gasteiger partial charge on any atom is -0.495 e. The first-order valence-corrected chi connectivity index (χ1v) is 15.4. The second-order valence-corrected chi connectivity index (χ2v) is 11.9. The topological polar surface area (TPSA) is 96.0 Å². The lowest BCUT2D eigenvalue weighted by atomic mass is 9.95. The van der Waals surface area contributed by atoms with Crippen molar-refractivity contribution < 1.29 is 27.1 Å². The summed E-state index contributed by atoms with van der Waals surface area (Å²) in [6.45, 7) is 2.08. The molecule has 0 heterocycles. The SMILES string of the molecule is CC[C@H](C(=O)NC1CCCCC1)N(Cc1ccc(F)cc1)C(=O)CCCN(c1ccccc1OC)S(C)(=O)=O. The van der Waals surface area contributed by atoms with E-state index >= 15 is 0 Å². The summed E-state index contributed by atoms with van der Waals surface area (Å²) in [5, 5.41) is 3.13. The van der Waals surface area contributed by atoms with E-state index in [2.05, 4.69) is 5.32 Å². The summed E-state index contributed by atoms with van der Waals surface area (Å²) in [4.78, 5) is 28.5. The summed E-state index contributed by atoms with van der Waals surface area (Å²) >= 11 is 0. The van der Waals surface area contributed by atoms with Crippen LogP contribution in [0.3, 0.4) is 0 Å². The van der Waals surface area contributed by atoms with Crippen molar-refractivity contribution in [2.75, 3.05) is 24.2 Å². The Hall–Kier alpha value is -3.14. The van der Waals surface area contributed by atoms with Crippen LogP contribution in [0.25, 0.3) is 0 Å². The Morgan fingerprint density at radius 1 is 1.08 bits per heavy atom. The van der Waals surface area contributed by atoms with Gasteiger partial charge in [0.25, 0.3) is 0 Å².